The molecule has 2 aliphatic rings. The molecular weight excluding hydrogens is 248 g/mol. The summed E-state index contributed by atoms with van der Waals surface area (Å²) in [6.07, 6.45) is 5.58. The zero-order chi connectivity index (χ0) is 14.8. The second-order valence-corrected chi connectivity index (χ2v) is 8.39. The van der Waals surface area contributed by atoms with Crippen molar-refractivity contribution in [2.75, 3.05) is 26.2 Å². The van der Waals surface area contributed by atoms with E-state index in [1.54, 1.807) is 0 Å². The Morgan fingerprint density at radius 2 is 2.05 bits per heavy atom. The molecular formula is C17H34N2O. The van der Waals surface area contributed by atoms with Crippen LogP contribution in [0.15, 0.2) is 0 Å². The number of hydrogen-bond acceptors (Lipinski definition) is 3. The van der Waals surface area contributed by atoms with E-state index in [-0.39, 0.29) is 5.54 Å². The van der Waals surface area contributed by atoms with E-state index < -0.39 is 0 Å². The van der Waals surface area contributed by atoms with Crippen molar-refractivity contribution in [3.05, 3.63) is 0 Å². The van der Waals surface area contributed by atoms with Crippen LogP contribution in [0.4, 0.5) is 0 Å². The monoisotopic (exact) mass is 282 g/mol. The molecule has 2 fully saturated rings. The summed E-state index contributed by atoms with van der Waals surface area (Å²) < 4.78 is 5.75. The van der Waals surface area contributed by atoms with Crippen LogP contribution in [0, 0.1) is 5.41 Å². The molecule has 1 N–H and O–H groups in total. The molecule has 0 radical (unpaired) electrons. The fourth-order valence-corrected chi connectivity index (χ4v) is 3.66. The van der Waals surface area contributed by atoms with Crippen molar-refractivity contribution in [1.82, 2.24) is 10.2 Å². The first-order chi connectivity index (χ1) is 9.28. The maximum atomic E-state index is 5.75. The average molecular weight is 282 g/mol. The van der Waals surface area contributed by atoms with E-state index in [0.717, 1.165) is 19.7 Å². The first-order valence-corrected chi connectivity index (χ1v) is 8.39. The van der Waals surface area contributed by atoms with Crippen LogP contribution < -0.4 is 5.32 Å². The molecule has 0 aromatic rings. The predicted octanol–water partition coefficient (Wildman–Crippen LogP) is 3.04. The van der Waals surface area contributed by atoms with Crippen LogP contribution in [-0.2, 0) is 4.74 Å². The van der Waals surface area contributed by atoms with Crippen LogP contribution >= 0.6 is 0 Å². The van der Waals surface area contributed by atoms with Gasteiger partial charge in [-0.05, 0) is 51.5 Å². The molecule has 0 aliphatic carbocycles. The minimum absolute atomic E-state index is 0.242. The van der Waals surface area contributed by atoms with E-state index in [4.69, 9.17) is 4.74 Å². The van der Waals surface area contributed by atoms with Gasteiger partial charge in [-0.2, -0.15) is 0 Å². The van der Waals surface area contributed by atoms with Gasteiger partial charge < -0.3 is 10.1 Å². The van der Waals surface area contributed by atoms with Crippen molar-refractivity contribution in [3.63, 3.8) is 0 Å². The second-order valence-electron chi connectivity index (χ2n) is 8.39. The fraction of sp³-hybridized carbons (Fsp3) is 1.00. The Morgan fingerprint density at radius 3 is 2.65 bits per heavy atom. The van der Waals surface area contributed by atoms with E-state index in [0.29, 0.717) is 17.6 Å². The molecule has 0 aromatic heterocycles. The SMILES string of the molecule is CC1(C)CN(CCCC2CCCO2)C(C(C)(C)C)CN1. The van der Waals surface area contributed by atoms with Crippen LogP contribution in [0.1, 0.15) is 60.3 Å². The summed E-state index contributed by atoms with van der Waals surface area (Å²) in [6, 6.07) is 0.639. The maximum absolute atomic E-state index is 5.75. The smallest absolute Gasteiger partial charge is 0.0576 e. The van der Waals surface area contributed by atoms with Crippen molar-refractivity contribution < 1.29 is 4.74 Å². The normalized spacial score (nSPS) is 31.6. The molecule has 0 saturated carbocycles. The molecule has 0 aromatic carbocycles. The van der Waals surface area contributed by atoms with Gasteiger partial charge in [0.05, 0.1) is 6.10 Å². The number of nitrogens with zero attached hydrogens (tertiary/aromatic N) is 1. The lowest BCUT2D eigenvalue weighted by Crippen LogP contribution is -2.64. The van der Waals surface area contributed by atoms with Crippen molar-refractivity contribution in [1.29, 1.82) is 0 Å². The van der Waals surface area contributed by atoms with E-state index >= 15 is 0 Å². The Labute approximate surface area is 125 Å². The van der Waals surface area contributed by atoms with Gasteiger partial charge in [0.25, 0.3) is 0 Å². The number of rotatable bonds is 4. The number of piperazine rings is 1. The number of hydrogen-bond donors (Lipinski definition) is 1. The maximum Gasteiger partial charge on any atom is 0.0576 e. The number of ether oxygens (including phenoxy) is 1. The van der Waals surface area contributed by atoms with Crippen LogP contribution in [-0.4, -0.2) is 48.8 Å². The van der Waals surface area contributed by atoms with Crippen LogP contribution in [0.2, 0.25) is 0 Å². The summed E-state index contributed by atoms with van der Waals surface area (Å²) in [5.74, 6) is 0. The van der Waals surface area contributed by atoms with Crippen molar-refractivity contribution in [2.45, 2.75) is 78.0 Å². The Morgan fingerprint density at radius 1 is 1.30 bits per heavy atom. The summed E-state index contributed by atoms with van der Waals surface area (Å²) in [7, 11) is 0. The van der Waals surface area contributed by atoms with Gasteiger partial charge >= 0.3 is 0 Å². The van der Waals surface area contributed by atoms with Gasteiger partial charge in [-0.3, -0.25) is 4.90 Å². The highest BCUT2D eigenvalue weighted by molar-refractivity contribution is 4.96. The van der Waals surface area contributed by atoms with Gasteiger partial charge in [0.1, 0.15) is 0 Å². The molecule has 20 heavy (non-hydrogen) atoms. The summed E-state index contributed by atoms with van der Waals surface area (Å²) in [5, 5.41) is 3.71. The topological polar surface area (TPSA) is 24.5 Å². The van der Waals surface area contributed by atoms with E-state index in [1.807, 2.05) is 0 Å². The van der Waals surface area contributed by atoms with Crippen LogP contribution in [0.3, 0.4) is 0 Å². The Bertz CT molecular complexity index is 303. The molecule has 2 saturated heterocycles. The highest BCUT2D eigenvalue weighted by Gasteiger charge is 2.38. The first-order valence-electron chi connectivity index (χ1n) is 8.39. The molecule has 0 spiro atoms. The molecule has 2 heterocycles. The van der Waals surface area contributed by atoms with E-state index in [2.05, 4.69) is 44.8 Å². The molecule has 2 aliphatic heterocycles. The molecule has 2 atom stereocenters. The van der Waals surface area contributed by atoms with Gasteiger partial charge in [0, 0.05) is 31.3 Å². The summed E-state index contributed by atoms with van der Waals surface area (Å²) in [4.78, 5) is 2.71. The van der Waals surface area contributed by atoms with Gasteiger partial charge in [-0.15, -0.1) is 0 Å². The van der Waals surface area contributed by atoms with Crippen molar-refractivity contribution in [3.8, 4) is 0 Å². The second kappa shape index (κ2) is 6.33. The summed E-state index contributed by atoms with van der Waals surface area (Å²) in [6.45, 7) is 16.2. The Balaban J connectivity index is 1.86. The lowest BCUT2D eigenvalue weighted by atomic mass is 9.82. The quantitative estimate of drug-likeness (QED) is 0.858. The van der Waals surface area contributed by atoms with Crippen LogP contribution in [0.25, 0.3) is 0 Å². The lowest BCUT2D eigenvalue weighted by molar-refractivity contribution is 0.0276. The Kier molecular flexibility index (Phi) is 5.14. The van der Waals surface area contributed by atoms with E-state index in [1.165, 1.54) is 32.2 Å². The lowest BCUT2D eigenvalue weighted by Gasteiger charge is -2.49. The number of nitrogens with one attached hydrogen (secondary N) is 1. The summed E-state index contributed by atoms with van der Waals surface area (Å²) >= 11 is 0. The zero-order valence-electron chi connectivity index (χ0n) is 14.2. The minimum atomic E-state index is 0.242. The summed E-state index contributed by atoms with van der Waals surface area (Å²) in [5.41, 5.74) is 0.582. The molecule has 2 unspecified atom stereocenters. The van der Waals surface area contributed by atoms with Crippen molar-refractivity contribution in [2.24, 2.45) is 5.41 Å². The van der Waals surface area contributed by atoms with Gasteiger partial charge in [0.15, 0.2) is 0 Å². The average Bonchev–Trinajstić information content (AvgIpc) is 2.79. The molecule has 3 heteroatoms. The third-order valence-corrected chi connectivity index (χ3v) is 4.81. The van der Waals surface area contributed by atoms with Crippen LogP contribution in [0.5, 0.6) is 0 Å². The molecule has 0 amide bonds. The third kappa shape index (κ3) is 4.44. The molecule has 3 nitrogen and oxygen atoms in total. The van der Waals surface area contributed by atoms with Gasteiger partial charge in [-0.25, -0.2) is 0 Å². The largest absolute Gasteiger partial charge is 0.378 e. The van der Waals surface area contributed by atoms with Crippen molar-refractivity contribution >= 4 is 0 Å². The standard InChI is InChI=1S/C17H34N2O/c1-16(2,3)15-12-18-17(4,5)13-19(15)10-6-8-14-9-7-11-20-14/h14-15,18H,6-13H2,1-5H3. The highest BCUT2D eigenvalue weighted by Crippen LogP contribution is 2.29. The van der Waals surface area contributed by atoms with E-state index in [9.17, 15) is 0 Å². The Hall–Kier alpha value is -0.120. The van der Waals surface area contributed by atoms with Gasteiger partial charge in [0.2, 0.25) is 0 Å². The first kappa shape index (κ1) is 16.3. The van der Waals surface area contributed by atoms with Gasteiger partial charge in [-0.1, -0.05) is 20.8 Å². The molecule has 118 valence electrons. The fourth-order valence-electron chi connectivity index (χ4n) is 3.66. The highest BCUT2D eigenvalue weighted by atomic mass is 16.5. The molecule has 2 rings (SSSR count). The third-order valence-electron chi connectivity index (χ3n) is 4.81. The predicted molar refractivity (Wildman–Crippen MR) is 85.1 cm³/mol. The molecule has 0 bridgehead atoms. The zero-order valence-corrected chi connectivity index (χ0v) is 14.2. The minimum Gasteiger partial charge on any atom is -0.378 e.